The van der Waals surface area contributed by atoms with Crippen LogP contribution in [-0.2, 0) is 16.0 Å². The van der Waals surface area contributed by atoms with Crippen LogP contribution in [0.1, 0.15) is 43.5 Å². The van der Waals surface area contributed by atoms with Crippen molar-refractivity contribution >= 4 is 55.7 Å². The summed E-state index contributed by atoms with van der Waals surface area (Å²) in [6.45, 7) is 6.53. The number of aromatic nitrogens is 1. The number of ketones is 1. The number of thiazole rings is 1. The highest BCUT2D eigenvalue weighted by molar-refractivity contribution is 7.22. The highest BCUT2D eigenvalue weighted by Gasteiger charge is 2.48. The maximum atomic E-state index is 13.7. The van der Waals surface area contributed by atoms with Crippen LogP contribution in [0.25, 0.3) is 16.0 Å². The molecule has 0 aliphatic carbocycles. The molecule has 10 heteroatoms. The van der Waals surface area contributed by atoms with Crippen molar-refractivity contribution in [3.63, 3.8) is 0 Å². The number of benzene rings is 3. The number of Topliss-reactive ketones (excluding diaryl/α,β-unsaturated/α-hetero) is 1. The van der Waals surface area contributed by atoms with Crippen LogP contribution in [0, 0.1) is 0 Å². The van der Waals surface area contributed by atoms with Crippen molar-refractivity contribution in [1.82, 2.24) is 4.98 Å². The molecule has 0 bridgehead atoms. The molecule has 3 aromatic carbocycles. The lowest BCUT2D eigenvalue weighted by Gasteiger charge is -2.24. The molecule has 1 amide bonds. The van der Waals surface area contributed by atoms with Crippen LogP contribution in [0.4, 0.5) is 5.13 Å². The lowest BCUT2D eigenvalue weighted by atomic mass is 9.94. The van der Waals surface area contributed by atoms with Gasteiger partial charge in [-0.1, -0.05) is 29.0 Å². The van der Waals surface area contributed by atoms with Gasteiger partial charge in [0.25, 0.3) is 5.78 Å². The van der Waals surface area contributed by atoms with Crippen LogP contribution in [0.15, 0.2) is 60.2 Å². The number of hydrogen-bond donors (Lipinski definition) is 1. The zero-order valence-electron chi connectivity index (χ0n) is 22.6. The summed E-state index contributed by atoms with van der Waals surface area (Å²) in [4.78, 5) is 33.4. The molecular formula is C31H27ClN2O6S. The van der Waals surface area contributed by atoms with Gasteiger partial charge >= 0.3 is 5.91 Å². The largest absolute Gasteiger partial charge is 0.507 e. The summed E-state index contributed by atoms with van der Waals surface area (Å²) < 4.78 is 18.2. The fourth-order valence-corrected chi connectivity index (χ4v) is 6.57. The first kappa shape index (κ1) is 27.1. The normalized spacial score (nSPS) is 19.5. The zero-order valence-corrected chi connectivity index (χ0v) is 24.2. The Kier molecular flexibility index (Phi) is 7.09. The molecule has 210 valence electrons. The molecule has 4 aromatic rings. The molecule has 0 saturated carbocycles. The molecule has 1 fully saturated rings. The summed E-state index contributed by atoms with van der Waals surface area (Å²) >= 11 is 7.45. The zero-order chi connectivity index (χ0) is 28.8. The Morgan fingerprint density at radius 1 is 1.07 bits per heavy atom. The highest BCUT2D eigenvalue weighted by atomic mass is 35.5. The number of aliphatic hydroxyl groups excluding tert-OH is 1. The van der Waals surface area contributed by atoms with E-state index in [1.807, 2.05) is 26.8 Å². The lowest BCUT2D eigenvalue weighted by Crippen LogP contribution is -2.29. The standard InChI is InChI=1S/C31H27ClN2O6S/c1-4-38-23-11-6-17(14-24(23)39-5-2)27-26(28(35)18-7-10-22-19(13-18)12-16(3)40-22)29(36)30(37)34(27)31-33-21-9-8-20(32)15-25(21)41-31/h6-11,13-16,27,35H,4-5,12H2,1-3H3/b28-26+/t16-,27+/m0/s1. The third-order valence-corrected chi connectivity index (χ3v) is 8.29. The van der Waals surface area contributed by atoms with Crippen molar-refractivity contribution in [1.29, 1.82) is 0 Å². The number of carbonyl (C=O) groups is 2. The van der Waals surface area contributed by atoms with Gasteiger partial charge < -0.3 is 19.3 Å². The predicted octanol–water partition coefficient (Wildman–Crippen LogP) is 6.70. The summed E-state index contributed by atoms with van der Waals surface area (Å²) in [5.41, 5.74) is 2.52. The summed E-state index contributed by atoms with van der Waals surface area (Å²) in [6.07, 6.45) is 0.695. The van der Waals surface area contributed by atoms with E-state index in [1.165, 1.54) is 16.2 Å². The maximum Gasteiger partial charge on any atom is 0.301 e. The number of rotatable bonds is 7. The van der Waals surface area contributed by atoms with Crippen molar-refractivity contribution in [3.05, 3.63) is 81.9 Å². The molecule has 0 radical (unpaired) electrons. The van der Waals surface area contributed by atoms with E-state index in [-0.39, 0.29) is 17.4 Å². The maximum absolute atomic E-state index is 13.7. The van der Waals surface area contributed by atoms with E-state index in [4.69, 9.17) is 25.8 Å². The van der Waals surface area contributed by atoms with Crippen molar-refractivity contribution in [2.75, 3.05) is 18.1 Å². The molecule has 2 aliphatic rings. The van der Waals surface area contributed by atoms with Gasteiger partial charge in [0.1, 0.15) is 17.6 Å². The number of amides is 1. The molecule has 8 nitrogen and oxygen atoms in total. The van der Waals surface area contributed by atoms with E-state index >= 15 is 0 Å². The molecule has 2 aliphatic heterocycles. The Bertz CT molecular complexity index is 1730. The molecule has 0 unspecified atom stereocenters. The Balaban J connectivity index is 1.55. The van der Waals surface area contributed by atoms with E-state index in [2.05, 4.69) is 4.98 Å². The van der Waals surface area contributed by atoms with Crippen molar-refractivity contribution < 1.29 is 28.9 Å². The number of nitrogens with zero attached hydrogens (tertiary/aromatic N) is 2. The predicted molar refractivity (Wildman–Crippen MR) is 158 cm³/mol. The van der Waals surface area contributed by atoms with Crippen LogP contribution < -0.4 is 19.1 Å². The third kappa shape index (κ3) is 4.79. The summed E-state index contributed by atoms with van der Waals surface area (Å²) in [5, 5.41) is 12.5. The Labute approximate surface area is 245 Å². The van der Waals surface area contributed by atoms with Gasteiger partial charge in [0.2, 0.25) is 0 Å². The van der Waals surface area contributed by atoms with Crippen LogP contribution >= 0.6 is 22.9 Å². The first-order valence-corrected chi connectivity index (χ1v) is 14.5. The summed E-state index contributed by atoms with van der Waals surface area (Å²) in [5.74, 6) is -0.107. The van der Waals surface area contributed by atoms with Crippen molar-refractivity contribution in [3.8, 4) is 17.2 Å². The van der Waals surface area contributed by atoms with Gasteiger partial charge in [0.15, 0.2) is 16.6 Å². The van der Waals surface area contributed by atoms with Gasteiger partial charge in [-0.2, -0.15) is 0 Å². The van der Waals surface area contributed by atoms with Gasteiger partial charge in [-0.05, 0) is 80.4 Å². The van der Waals surface area contributed by atoms with E-state index in [0.29, 0.717) is 57.9 Å². The minimum atomic E-state index is -0.968. The monoisotopic (exact) mass is 590 g/mol. The Hall–Kier alpha value is -4.08. The molecular weight excluding hydrogens is 564 g/mol. The molecule has 41 heavy (non-hydrogen) atoms. The number of hydrogen-bond acceptors (Lipinski definition) is 8. The summed E-state index contributed by atoms with van der Waals surface area (Å²) in [7, 11) is 0. The molecule has 2 atom stereocenters. The molecule has 1 aromatic heterocycles. The molecule has 6 rings (SSSR count). The average Bonchev–Trinajstić information content (AvgIpc) is 3.61. The average molecular weight is 591 g/mol. The van der Waals surface area contributed by atoms with E-state index in [1.54, 1.807) is 48.5 Å². The van der Waals surface area contributed by atoms with Gasteiger partial charge in [-0.25, -0.2) is 4.98 Å². The Morgan fingerprint density at radius 3 is 2.63 bits per heavy atom. The van der Waals surface area contributed by atoms with Crippen molar-refractivity contribution in [2.24, 2.45) is 0 Å². The second-order valence-corrected chi connectivity index (χ2v) is 11.3. The van der Waals surface area contributed by atoms with Gasteiger partial charge in [0, 0.05) is 17.0 Å². The second-order valence-electron chi connectivity index (χ2n) is 9.80. The van der Waals surface area contributed by atoms with Gasteiger partial charge in [-0.15, -0.1) is 0 Å². The third-order valence-electron chi connectivity index (χ3n) is 7.04. The van der Waals surface area contributed by atoms with Crippen LogP contribution in [0.3, 0.4) is 0 Å². The van der Waals surface area contributed by atoms with E-state index in [0.717, 1.165) is 16.0 Å². The van der Waals surface area contributed by atoms with Crippen LogP contribution in [0.2, 0.25) is 5.02 Å². The topological polar surface area (TPSA) is 98.2 Å². The molecule has 0 spiro atoms. The smallest absolute Gasteiger partial charge is 0.301 e. The number of halogens is 1. The van der Waals surface area contributed by atoms with E-state index < -0.39 is 17.7 Å². The highest BCUT2D eigenvalue weighted by Crippen LogP contribution is 2.46. The quantitative estimate of drug-likeness (QED) is 0.145. The van der Waals surface area contributed by atoms with Crippen LogP contribution in [-0.4, -0.2) is 41.1 Å². The van der Waals surface area contributed by atoms with Gasteiger partial charge in [-0.3, -0.25) is 14.5 Å². The number of aliphatic hydroxyl groups is 1. The van der Waals surface area contributed by atoms with Gasteiger partial charge in [0.05, 0.1) is 35.0 Å². The lowest BCUT2D eigenvalue weighted by molar-refractivity contribution is -0.132. The summed E-state index contributed by atoms with van der Waals surface area (Å²) in [6, 6.07) is 14.8. The van der Waals surface area contributed by atoms with Crippen LogP contribution in [0.5, 0.6) is 17.2 Å². The SMILES string of the molecule is CCOc1ccc([C@@H]2/C(=C(\O)c3ccc4c(c3)C[C@H](C)O4)C(=O)C(=O)N2c2nc3ccc(Cl)cc3s2)cc1OCC. The number of carbonyl (C=O) groups excluding carboxylic acids is 2. The molecule has 1 N–H and O–H groups in total. The first-order chi connectivity index (χ1) is 19.8. The first-order valence-electron chi connectivity index (χ1n) is 13.4. The van der Waals surface area contributed by atoms with E-state index in [9.17, 15) is 14.7 Å². The Morgan fingerprint density at radius 2 is 1.85 bits per heavy atom. The second kappa shape index (κ2) is 10.7. The number of fused-ring (bicyclic) bond motifs is 2. The minimum Gasteiger partial charge on any atom is -0.507 e. The number of anilines is 1. The number of ether oxygens (including phenoxy) is 3. The van der Waals surface area contributed by atoms with Crippen molar-refractivity contribution in [2.45, 2.75) is 39.3 Å². The molecule has 3 heterocycles. The molecule has 1 saturated heterocycles. The fourth-order valence-electron chi connectivity index (χ4n) is 5.30. The fraction of sp³-hybridized carbons (Fsp3) is 0.258. The minimum absolute atomic E-state index is 0.0151.